The first-order valence-electron chi connectivity index (χ1n) is 7.35. The number of carbonyl (C=O) groups excluding carboxylic acids is 1. The van der Waals surface area contributed by atoms with Crippen LogP contribution in [0.15, 0.2) is 60.7 Å². The Morgan fingerprint density at radius 3 is 2.14 bits per heavy atom. The second-order valence-electron chi connectivity index (χ2n) is 6.11. The van der Waals surface area contributed by atoms with Gasteiger partial charge in [0.2, 0.25) is 0 Å². The highest BCUT2D eigenvalue weighted by Gasteiger charge is 2.23. The largest absolute Gasteiger partial charge is 0.427 e. The molecule has 21 heavy (non-hydrogen) atoms. The number of hydrogen-bond donors (Lipinski definition) is 0. The molecule has 0 N–H and O–H groups in total. The lowest BCUT2D eigenvalue weighted by Crippen LogP contribution is -2.21. The lowest BCUT2D eigenvalue weighted by atomic mass is 9.83. The van der Waals surface area contributed by atoms with Gasteiger partial charge in [-0.05, 0) is 36.0 Å². The van der Waals surface area contributed by atoms with Crippen LogP contribution >= 0.6 is 0 Å². The van der Waals surface area contributed by atoms with Gasteiger partial charge in [-0.25, -0.2) is 0 Å². The van der Waals surface area contributed by atoms with Crippen molar-refractivity contribution in [2.45, 2.75) is 33.1 Å². The average molecular weight is 282 g/mol. The van der Waals surface area contributed by atoms with Gasteiger partial charge >= 0.3 is 5.97 Å². The summed E-state index contributed by atoms with van der Waals surface area (Å²) in [6, 6.07) is 19.6. The molecule has 2 heteroatoms. The normalized spacial score (nSPS) is 11.1. The van der Waals surface area contributed by atoms with E-state index in [1.165, 1.54) is 5.56 Å². The zero-order valence-corrected chi connectivity index (χ0v) is 12.7. The molecule has 110 valence electrons. The molecule has 0 spiro atoms. The zero-order valence-electron chi connectivity index (χ0n) is 12.7. The first kappa shape index (κ1) is 15.3. The van der Waals surface area contributed by atoms with E-state index in [0.29, 0.717) is 12.2 Å². The van der Waals surface area contributed by atoms with Gasteiger partial charge in [0.25, 0.3) is 0 Å². The van der Waals surface area contributed by atoms with E-state index in [1.54, 1.807) is 12.1 Å². The summed E-state index contributed by atoms with van der Waals surface area (Å²) in [5, 5.41) is 0. The topological polar surface area (TPSA) is 26.3 Å². The van der Waals surface area contributed by atoms with Crippen LogP contribution in [0.5, 0.6) is 5.75 Å². The maximum Gasteiger partial charge on any atom is 0.311 e. The van der Waals surface area contributed by atoms with Gasteiger partial charge in [-0.15, -0.1) is 0 Å². The van der Waals surface area contributed by atoms with Gasteiger partial charge in [0.15, 0.2) is 0 Å². The Bertz CT molecular complexity index is 559. The number of aryl methyl sites for hydroxylation is 1. The van der Waals surface area contributed by atoms with E-state index in [4.69, 9.17) is 4.74 Å². The zero-order chi connectivity index (χ0) is 15.1. The number of hydrogen-bond acceptors (Lipinski definition) is 2. The molecule has 2 nitrogen and oxygen atoms in total. The Morgan fingerprint density at radius 1 is 0.952 bits per heavy atom. The Morgan fingerprint density at radius 2 is 1.52 bits per heavy atom. The molecule has 2 aromatic rings. The lowest BCUT2D eigenvalue weighted by Gasteiger charge is -2.23. The van der Waals surface area contributed by atoms with Crippen LogP contribution in [0.4, 0.5) is 0 Å². The van der Waals surface area contributed by atoms with Crippen molar-refractivity contribution in [2.24, 2.45) is 5.41 Å². The van der Waals surface area contributed by atoms with Crippen LogP contribution in [0.1, 0.15) is 32.3 Å². The first-order valence-corrected chi connectivity index (χ1v) is 7.35. The molecule has 0 aromatic heterocycles. The summed E-state index contributed by atoms with van der Waals surface area (Å²) in [5.41, 5.74) is 1.24. The average Bonchev–Trinajstić information content (AvgIpc) is 2.47. The van der Waals surface area contributed by atoms with Crippen LogP contribution in [-0.4, -0.2) is 5.97 Å². The van der Waals surface area contributed by atoms with Gasteiger partial charge in [-0.3, -0.25) is 4.79 Å². The number of para-hydroxylation sites is 1. The van der Waals surface area contributed by atoms with Crippen molar-refractivity contribution in [1.29, 1.82) is 0 Å². The van der Waals surface area contributed by atoms with Crippen molar-refractivity contribution in [1.82, 2.24) is 0 Å². The van der Waals surface area contributed by atoms with Crippen LogP contribution in [0, 0.1) is 5.41 Å². The van der Waals surface area contributed by atoms with Gasteiger partial charge in [0.05, 0.1) is 6.42 Å². The molecule has 0 bridgehead atoms. The smallest absolute Gasteiger partial charge is 0.311 e. The Kier molecular flexibility index (Phi) is 5.15. The highest BCUT2D eigenvalue weighted by atomic mass is 16.5. The molecular formula is C19H22O2. The summed E-state index contributed by atoms with van der Waals surface area (Å²) in [6.45, 7) is 4.23. The minimum atomic E-state index is -0.167. The minimum Gasteiger partial charge on any atom is -0.427 e. The lowest BCUT2D eigenvalue weighted by molar-refractivity contribution is -0.136. The fraction of sp³-hybridized carbons (Fsp3) is 0.316. The Labute approximate surface area is 126 Å². The monoisotopic (exact) mass is 282 g/mol. The number of rotatable bonds is 6. The summed E-state index contributed by atoms with van der Waals surface area (Å²) in [5.74, 6) is 0.445. The van der Waals surface area contributed by atoms with Crippen molar-refractivity contribution in [3.63, 3.8) is 0 Å². The molecule has 0 saturated heterocycles. The summed E-state index contributed by atoms with van der Waals surface area (Å²) >= 11 is 0. The van der Waals surface area contributed by atoms with Gasteiger partial charge in [-0.2, -0.15) is 0 Å². The minimum absolute atomic E-state index is 0.0678. The van der Waals surface area contributed by atoms with Crippen LogP contribution < -0.4 is 4.74 Å². The maximum atomic E-state index is 12.0. The molecule has 0 amide bonds. The van der Waals surface area contributed by atoms with E-state index in [2.05, 4.69) is 26.0 Å². The molecule has 0 heterocycles. The molecule has 0 saturated carbocycles. The van der Waals surface area contributed by atoms with E-state index >= 15 is 0 Å². The molecule has 0 aliphatic rings. The molecule has 2 aromatic carbocycles. The van der Waals surface area contributed by atoms with Crippen LogP contribution in [-0.2, 0) is 11.2 Å². The highest BCUT2D eigenvalue weighted by molar-refractivity contribution is 5.73. The van der Waals surface area contributed by atoms with Crippen molar-refractivity contribution in [2.75, 3.05) is 0 Å². The standard InChI is InChI=1S/C19H22O2/c1-19(2,14-13-16-9-5-3-6-10-16)15-18(20)21-17-11-7-4-8-12-17/h3-12H,13-15H2,1-2H3. The second-order valence-corrected chi connectivity index (χ2v) is 6.11. The van der Waals surface area contributed by atoms with Gasteiger partial charge in [0, 0.05) is 0 Å². The fourth-order valence-corrected chi connectivity index (χ4v) is 2.26. The number of ether oxygens (including phenoxy) is 1. The maximum absolute atomic E-state index is 12.0. The predicted octanol–water partition coefficient (Wildman–Crippen LogP) is 4.64. The quantitative estimate of drug-likeness (QED) is 0.570. The molecule has 0 aliphatic heterocycles. The third-order valence-corrected chi connectivity index (χ3v) is 3.53. The summed E-state index contributed by atoms with van der Waals surface area (Å²) < 4.78 is 5.36. The third kappa shape index (κ3) is 5.42. The van der Waals surface area contributed by atoms with Crippen LogP contribution in [0.25, 0.3) is 0 Å². The predicted molar refractivity (Wildman–Crippen MR) is 85.2 cm³/mol. The van der Waals surface area contributed by atoms with E-state index in [-0.39, 0.29) is 11.4 Å². The molecular weight excluding hydrogens is 260 g/mol. The Balaban J connectivity index is 1.84. The molecule has 0 fully saturated rings. The van der Waals surface area contributed by atoms with Crippen LogP contribution in [0.3, 0.4) is 0 Å². The number of esters is 1. The Hall–Kier alpha value is -2.09. The van der Waals surface area contributed by atoms with Gasteiger partial charge in [0.1, 0.15) is 5.75 Å². The fourth-order valence-electron chi connectivity index (χ4n) is 2.26. The molecule has 2 rings (SSSR count). The van der Waals surface area contributed by atoms with E-state index in [1.807, 2.05) is 36.4 Å². The molecule has 0 unspecified atom stereocenters. The van der Waals surface area contributed by atoms with Crippen molar-refractivity contribution < 1.29 is 9.53 Å². The van der Waals surface area contributed by atoms with E-state index < -0.39 is 0 Å². The molecule has 0 aliphatic carbocycles. The first-order chi connectivity index (χ1) is 10.1. The third-order valence-electron chi connectivity index (χ3n) is 3.53. The number of benzene rings is 2. The van der Waals surface area contributed by atoms with Crippen molar-refractivity contribution in [3.8, 4) is 5.75 Å². The summed E-state index contributed by atoms with van der Waals surface area (Å²) in [4.78, 5) is 12.0. The molecule has 0 radical (unpaired) electrons. The second kappa shape index (κ2) is 7.07. The van der Waals surface area contributed by atoms with E-state index in [0.717, 1.165) is 12.8 Å². The van der Waals surface area contributed by atoms with Gasteiger partial charge in [-0.1, -0.05) is 62.4 Å². The SMILES string of the molecule is CC(C)(CCc1ccccc1)CC(=O)Oc1ccccc1. The van der Waals surface area contributed by atoms with Crippen molar-refractivity contribution >= 4 is 5.97 Å². The summed E-state index contributed by atoms with van der Waals surface area (Å²) in [6.07, 6.45) is 2.36. The van der Waals surface area contributed by atoms with E-state index in [9.17, 15) is 4.79 Å². The summed E-state index contributed by atoms with van der Waals surface area (Å²) in [7, 11) is 0. The number of carbonyl (C=O) groups is 1. The highest BCUT2D eigenvalue weighted by Crippen LogP contribution is 2.28. The molecule has 0 atom stereocenters. The van der Waals surface area contributed by atoms with Gasteiger partial charge < -0.3 is 4.74 Å². The van der Waals surface area contributed by atoms with Crippen LogP contribution in [0.2, 0.25) is 0 Å². The van der Waals surface area contributed by atoms with Crippen molar-refractivity contribution in [3.05, 3.63) is 66.2 Å².